The van der Waals surface area contributed by atoms with Crippen LogP contribution in [0.5, 0.6) is 0 Å². The Morgan fingerprint density at radius 3 is 2.39 bits per heavy atom. The molecule has 3 aliphatic heterocycles. The van der Waals surface area contributed by atoms with E-state index in [1.165, 1.54) is 31.3 Å². The topological polar surface area (TPSA) is 88.2 Å². The lowest BCUT2D eigenvalue weighted by Gasteiger charge is -2.42. The van der Waals surface area contributed by atoms with Crippen LogP contribution in [0.1, 0.15) is 30.9 Å². The standard InChI is InChI=1S/C18H24FN3O5S/c1-21-16(17(23)22-8-6-18(7-9-22)26-10-11-27-18)12-15(20-28(21,24)25)13-2-4-14(19)5-3-13/h2-5,15-16,20H,6-12H2,1H3/t15-,16+/m0/s1. The molecule has 154 valence electrons. The predicted octanol–water partition coefficient (Wildman–Crippen LogP) is 0.771. The number of likely N-dealkylation sites (tertiary alicyclic amines) is 1. The maximum atomic E-state index is 13.2. The van der Waals surface area contributed by atoms with Crippen LogP contribution >= 0.6 is 0 Å². The molecule has 1 spiro atoms. The summed E-state index contributed by atoms with van der Waals surface area (Å²) in [7, 11) is -2.43. The van der Waals surface area contributed by atoms with E-state index in [4.69, 9.17) is 9.47 Å². The summed E-state index contributed by atoms with van der Waals surface area (Å²) in [6.07, 6.45) is 1.41. The summed E-state index contributed by atoms with van der Waals surface area (Å²) in [6.45, 7) is 2.03. The zero-order chi connectivity index (χ0) is 19.9. The number of hydrogen-bond acceptors (Lipinski definition) is 5. The first-order chi connectivity index (χ1) is 13.3. The normalized spacial score (nSPS) is 29.9. The second-order valence-electron chi connectivity index (χ2n) is 7.43. The van der Waals surface area contributed by atoms with Gasteiger partial charge in [-0.15, -0.1) is 0 Å². The average molecular weight is 413 g/mol. The van der Waals surface area contributed by atoms with Gasteiger partial charge in [0.15, 0.2) is 5.79 Å². The van der Waals surface area contributed by atoms with Gasteiger partial charge in [0.2, 0.25) is 5.91 Å². The number of carbonyl (C=O) groups is 1. The Kier molecular flexibility index (Phi) is 5.17. The number of hydrogen-bond donors (Lipinski definition) is 1. The second kappa shape index (κ2) is 7.34. The number of nitrogens with zero attached hydrogens (tertiary/aromatic N) is 2. The summed E-state index contributed by atoms with van der Waals surface area (Å²) in [6, 6.07) is 4.23. The lowest BCUT2D eigenvalue weighted by Crippen LogP contribution is -2.59. The van der Waals surface area contributed by atoms with Crippen LogP contribution in [0.3, 0.4) is 0 Å². The maximum Gasteiger partial charge on any atom is 0.280 e. The van der Waals surface area contributed by atoms with E-state index in [2.05, 4.69) is 4.72 Å². The molecule has 0 saturated carbocycles. The molecule has 0 radical (unpaired) electrons. The minimum absolute atomic E-state index is 0.229. The number of amides is 1. The van der Waals surface area contributed by atoms with Crippen LogP contribution in [0.4, 0.5) is 4.39 Å². The first-order valence-corrected chi connectivity index (χ1v) is 10.8. The minimum atomic E-state index is -3.83. The third-order valence-electron chi connectivity index (χ3n) is 5.78. The van der Waals surface area contributed by atoms with E-state index in [1.54, 1.807) is 4.90 Å². The van der Waals surface area contributed by atoms with Gasteiger partial charge in [-0.3, -0.25) is 4.79 Å². The average Bonchev–Trinajstić information content (AvgIpc) is 3.12. The fourth-order valence-corrected chi connectivity index (χ4v) is 5.34. The van der Waals surface area contributed by atoms with Gasteiger partial charge in [-0.1, -0.05) is 12.1 Å². The molecule has 1 amide bonds. The lowest BCUT2D eigenvalue weighted by molar-refractivity contribution is -0.188. The summed E-state index contributed by atoms with van der Waals surface area (Å²) >= 11 is 0. The highest BCUT2D eigenvalue weighted by molar-refractivity contribution is 7.87. The smallest absolute Gasteiger partial charge is 0.280 e. The fraction of sp³-hybridized carbons (Fsp3) is 0.611. The molecule has 1 aromatic rings. The Hall–Kier alpha value is -1.59. The van der Waals surface area contributed by atoms with Gasteiger partial charge in [0.05, 0.1) is 13.2 Å². The first-order valence-electron chi connectivity index (χ1n) is 9.37. The van der Waals surface area contributed by atoms with Crippen molar-refractivity contribution < 1.29 is 27.1 Å². The first kappa shape index (κ1) is 19.7. The summed E-state index contributed by atoms with van der Waals surface area (Å²) in [5, 5.41) is 0. The molecule has 0 unspecified atom stereocenters. The van der Waals surface area contributed by atoms with Gasteiger partial charge in [-0.25, -0.2) is 4.39 Å². The van der Waals surface area contributed by atoms with Crippen LogP contribution in [0.15, 0.2) is 24.3 Å². The molecule has 10 heteroatoms. The van der Waals surface area contributed by atoms with Gasteiger partial charge in [0.25, 0.3) is 10.2 Å². The molecule has 2 atom stereocenters. The highest BCUT2D eigenvalue weighted by Crippen LogP contribution is 2.33. The lowest BCUT2D eigenvalue weighted by atomic mass is 9.97. The number of piperidine rings is 1. The molecule has 3 saturated heterocycles. The maximum absolute atomic E-state index is 13.2. The van der Waals surface area contributed by atoms with Crippen molar-refractivity contribution in [2.24, 2.45) is 0 Å². The van der Waals surface area contributed by atoms with Gasteiger partial charge in [0.1, 0.15) is 11.9 Å². The number of likely N-dealkylation sites (N-methyl/N-ethyl adjacent to an activating group) is 1. The Morgan fingerprint density at radius 1 is 1.18 bits per heavy atom. The van der Waals surface area contributed by atoms with Gasteiger partial charge in [-0.2, -0.15) is 17.4 Å². The van der Waals surface area contributed by atoms with Gasteiger partial charge >= 0.3 is 0 Å². The van der Waals surface area contributed by atoms with Crippen molar-refractivity contribution in [3.05, 3.63) is 35.6 Å². The molecule has 0 aliphatic carbocycles. The van der Waals surface area contributed by atoms with Gasteiger partial charge in [0, 0.05) is 39.0 Å². The van der Waals surface area contributed by atoms with Crippen molar-refractivity contribution in [3.8, 4) is 0 Å². The van der Waals surface area contributed by atoms with E-state index in [0.717, 1.165) is 4.31 Å². The Bertz CT molecular complexity index is 831. The van der Waals surface area contributed by atoms with E-state index in [0.29, 0.717) is 44.7 Å². The molecule has 4 rings (SSSR count). The van der Waals surface area contributed by atoms with E-state index < -0.39 is 33.9 Å². The van der Waals surface area contributed by atoms with Crippen LogP contribution in [0, 0.1) is 5.82 Å². The van der Waals surface area contributed by atoms with Crippen molar-refractivity contribution in [1.82, 2.24) is 13.9 Å². The summed E-state index contributed by atoms with van der Waals surface area (Å²) in [4.78, 5) is 14.8. The molecular weight excluding hydrogens is 389 g/mol. The van der Waals surface area contributed by atoms with E-state index in [1.807, 2.05) is 0 Å². The number of rotatable bonds is 2. The van der Waals surface area contributed by atoms with Crippen LogP contribution < -0.4 is 4.72 Å². The second-order valence-corrected chi connectivity index (χ2v) is 9.19. The number of halogens is 1. The zero-order valence-electron chi connectivity index (χ0n) is 15.6. The Labute approximate surface area is 163 Å². The van der Waals surface area contributed by atoms with Gasteiger partial charge in [-0.05, 0) is 24.1 Å². The number of ether oxygens (including phenoxy) is 2. The van der Waals surface area contributed by atoms with Crippen LogP contribution in [-0.2, 0) is 24.5 Å². The van der Waals surface area contributed by atoms with Crippen molar-refractivity contribution in [2.45, 2.75) is 37.1 Å². The highest BCUT2D eigenvalue weighted by Gasteiger charge is 2.45. The van der Waals surface area contributed by atoms with Crippen LogP contribution in [0.2, 0.25) is 0 Å². The number of benzene rings is 1. The molecule has 0 aromatic heterocycles. The molecular formula is C18H24FN3O5S. The Balaban J connectivity index is 1.50. The largest absolute Gasteiger partial charge is 0.347 e. The molecule has 8 nitrogen and oxygen atoms in total. The molecule has 0 bridgehead atoms. The van der Waals surface area contributed by atoms with Crippen molar-refractivity contribution >= 4 is 16.1 Å². The summed E-state index contributed by atoms with van der Waals surface area (Å²) in [5.41, 5.74) is 0.626. The third-order valence-corrected chi connectivity index (χ3v) is 7.37. The predicted molar refractivity (Wildman–Crippen MR) is 97.8 cm³/mol. The summed E-state index contributed by atoms with van der Waals surface area (Å²) < 4.78 is 53.4. The van der Waals surface area contributed by atoms with Crippen molar-refractivity contribution in [2.75, 3.05) is 33.4 Å². The van der Waals surface area contributed by atoms with Crippen LogP contribution in [-0.4, -0.2) is 68.7 Å². The quantitative estimate of drug-likeness (QED) is 0.774. The van der Waals surface area contributed by atoms with Crippen molar-refractivity contribution in [3.63, 3.8) is 0 Å². The SMILES string of the molecule is CN1[C@@H](C(=O)N2CCC3(CC2)OCCO3)C[C@@H](c2ccc(F)cc2)NS1(=O)=O. The van der Waals surface area contributed by atoms with E-state index in [9.17, 15) is 17.6 Å². The molecule has 3 fully saturated rings. The highest BCUT2D eigenvalue weighted by atomic mass is 32.2. The summed E-state index contributed by atoms with van der Waals surface area (Å²) in [5.74, 6) is -1.22. The molecule has 3 heterocycles. The molecule has 1 N–H and O–H groups in total. The molecule has 28 heavy (non-hydrogen) atoms. The molecule has 3 aliphatic rings. The third kappa shape index (κ3) is 3.67. The fourth-order valence-electron chi connectivity index (χ4n) is 4.07. The van der Waals surface area contributed by atoms with Crippen LogP contribution in [0.25, 0.3) is 0 Å². The van der Waals surface area contributed by atoms with E-state index in [-0.39, 0.29) is 12.3 Å². The minimum Gasteiger partial charge on any atom is -0.347 e. The molecule has 1 aromatic carbocycles. The monoisotopic (exact) mass is 413 g/mol. The number of carbonyl (C=O) groups excluding carboxylic acids is 1. The van der Waals surface area contributed by atoms with Gasteiger partial charge < -0.3 is 14.4 Å². The van der Waals surface area contributed by atoms with Crippen molar-refractivity contribution in [1.29, 1.82) is 0 Å². The Morgan fingerprint density at radius 2 is 1.79 bits per heavy atom. The van der Waals surface area contributed by atoms with E-state index >= 15 is 0 Å². The number of nitrogens with one attached hydrogen (secondary N) is 1. The zero-order valence-corrected chi connectivity index (χ0v) is 16.5.